The maximum atomic E-state index is 14.1. The van der Waals surface area contributed by atoms with Crippen LogP contribution < -0.4 is 0 Å². The zero-order valence-corrected chi connectivity index (χ0v) is 15.3. The summed E-state index contributed by atoms with van der Waals surface area (Å²) in [5.74, 6) is 0.774. The molecule has 0 aliphatic carbocycles. The van der Waals surface area contributed by atoms with Crippen molar-refractivity contribution in [2.45, 2.75) is 11.7 Å². The van der Waals surface area contributed by atoms with Crippen molar-refractivity contribution in [3.05, 3.63) is 70.9 Å². The van der Waals surface area contributed by atoms with Gasteiger partial charge in [-0.25, -0.2) is 4.39 Å². The molecule has 2 aromatic carbocycles. The predicted molar refractivity (Wildman–Crippen MR) is 104 cm³/mol. The fourth-order valence-electron chi connectivity index (χ4n) is 3.20. The van der Waals surface area contributed by atoms with Gasteiger partial charge in [0, 0.05) is 34.4 Å². The van der Waals surface area contributed by atoms with Gasteiger partial charge in [0.05, 0.1) is 4.88 Å². The van der Waals surface area contributed by atoms with Gasteiger partial charge in [-0.15, -0.1) is 11.3 Å². The SMILES string of the molecule is O=C(c1cc2ccccc2s1)N1CCS[C@@H](c2ccccc2F)CC1. The maximum absolute atomic E-state index is 14.1. The Labute approximate surface area is 154 Å². The molecule has 1 saturated heterocycles. The zero-order valence-electron chi connectivity index (χ0n) is 13.7. The molecular weight excluding hydrogens is 353 g/mol. The van der Waals surface area contributed by atoms with E-state index in [2.05, 4.69) is 0 Å². The standard InChI is InChI=1S/C20H18FNOS2/c21-16-7-3-2-6-15(16)18-9-10-22(11-12-24-18)20(23)19-13-14-5-1-4-8-17(14)25-19/h1-8,13,18H,9-12H2/t18-/m1/s1. The molecule has 1 aromatic heterocycles. The van der Waals surface area contributed by atoms with Gasteiger partial charge in [0.15, 0.2) is 0 Å². The number of carbonyl (C=O) groups is 1. The Morgan fingerprint density at radius 1 is 1.08 bits per heavy atom. The number of benzene rings is 2. The molecule has 1 amide bonds. The lowest BCUT2D eigenvalue weighted by molar-refractivity contribution is 0.0771. The third kappa shape index (κ3) is 3.44. The Kier molecular flexibility index (Phi) is 4.77. The zero-order chi connectivity index (χ0) is 17.2. The van der Waals surface area contributed by atoms with E-state index in [9.17, 15) is 9.18 Å². The quantitative estimate of drug-likeness (QED) is 0.604. The van der Waals surface area contributed by atoms with Gasteiger partial charge in [-0.3, -0.25) is 4.79 Å². The van der Waals surface area contributed by atoms with E-state index in [0.29, 0.717) is 13.1 Å². The summed E-state index contributed by atoms with van der Waals surface area (Å²) in [5.41, 5.74) is 0.753. The molecule has 25 heavy (non-hydrogen) atoms. The van der Waals surface area contributed by atoms with Crippen LogP contribution in [0.1, 0.15) is 26.9 Å². The van der Waals surface area contributed by atoms with Gasteiger partial charge in [0.2, 0.25) is 0 Å². The fourth-order valence-corrected chi connectivity index (χ4v) is 5.48. The molecule has 2 nitrogen and oxygen atoms in total. The van der Waals surface area contributed by atoms with Crippen molar-refractivity contribution in [1.29, 1.82) is 0 Å². The first kappa shape index (κ1) is 16.6. The van der Waals surface area contributed by atoms with Crippen LogP contribution in [0.2, 0.25) is 0 Å². The molecule has 1 aliphatic rings. The van der Waals surface area contributed by atoms with Gasteiger partial charge in [-0.1, -0.05) is 36.4 Å². The van der Waals surface area contributed by atoms with E-state index >= 15 is 0 Å². The van der Waals surface area contributed by atoms with Gasteiger partial charge < -0.3 is 4.90 Å². The van der Waals surface area contributed by atoms with Gasteiger partial charge in [0.25, 0.3) is 5.91 Å². The van der Waals surface area contributed by atoms with Crippen molar-refractivity contribution in [1.82, 2.24) is 4.90 Å². The molecule has 0 N–H and O–H groups in total. The first-order valence-electron chi connectivity index (χ1n) is 8.36. The second kappa shape index (κ2) is 7.18. The van der Waals surface area contributed by atoms with E-state index in [-0.39, 0.29) is 17.0 Å². The summed E-state index contributed by atoms with van der Waals surface area (Å²) in [4.78, 5) is 15.6. The highest BCUT2D eigenvalue weighted by Crippen LogP contribution is 2.36. The number of amides is 1. The van der Waals surface area contributed by atoms with Crippen molar-refractivity contribution >= 4 is 39.1 Å². The Bertz CT molecular complexity index is 874. The molecule has 3 aromatic rings. The molecule has 0 unspecified atom stereocenters. The highest BCUT2D eigenvalue weighted by Gasteiger charge is 2.25. The summed E-state index contributed by atoms with van der Waals surface area (Å²) in [6.07, 6.45) is 0.780. The minimum absolute atomic E-state index is 0.0935. The molecule has 0 radical (unpaired) electrons. The normalized spacial score (nSPS) is 18.3. The monoisotopic (exact) mass is 371 g/mol. The van der Waals surface area contributed by atoms with Crippen molar-refractivity contribution < 1.29 is 9.18 Å². The number of nitrogens with zero attached hydrogens (tertiary/aromatic N) is 1. The molecular formula is C20H18FNOS2. The second-order valence-electron chi connectivity index (χ2n) is 6.11. The minimum atomic E-state index is -0.149. The van der Waals surface area contributed by atoms with Crippen molar-refractivity contribution in [2.75, 3.05) is 18.8 Å². The molecule has 0 spiro atoms. The van der Waals surface area contributed by atoms with Crippen LogP contribution in [-0.2, 0) is 0 Å². The maximum Gasteiger partial charge on any atom is 0.263 e. The third-order valence-electron chi connectivity index (χ3n) is 4.52. The lowest BCUT2D eigenvalue weighted by Crippen LogP contribution is -2.32. The van der Waals surface area contributed by atoms with Crippen molar-refractivity contribution in [3.63, 3.8) is 0 Å². The van der Waals surface area contributed by atoms with Crippen LogP contribution in [0.15, 0.2) is 54.6 Å². The van der Waals surface area contributed by atoms with Crippen LogP contribution in [0, 0.1) is 5.82 Å². The number of halogens is 1. The molecule has 2 heterocycles. The summed E-state index contributed by atoms with van der Waals surface area (Å²) in [7, 11) is 0. The summed E-state index contributed by atoms with van der Waals surface area (Å²) < 4.78 is 15.2. The molecule has 4 rings (SSSR count). The second-order valence-corrected chi connectivity index (χ2v) is 8.50. The fraction of sp³-hybridized carbons (Fsp3) is 0.250. The Morgan fingerprint density at radius 3 is 2.72 bits per heavy atom. The first-order valence-corrected chi connectivity index (χ1v) is 10.2. The molecule has 0 saturated carbocycles. The van der Waals surface area contributed by atoms with E-state index in [0.717, 1.165) is 32.7 Å². The van der Waals surface area contributed by atoms with Crippen LogP contribution in [0.25, 0.3) is 10.1 Å². The van der Waals surface area contributed by atoms with Crippen molar-refractivity contribution in [3.8, 4) is 0 Å². The van der Waals surface area contributed by atoms with Gasteiger partial charge >= 0.3 is 0 Å². The van der Waals surface area contributed by atoms with E-state index in [1.54, 1.807) is 29.2 Å². The predicted octanol–water partition coefficient (Wildman–Crippen LogP) is 5.36. The number of thioether (sulfide) groups is 1. The Balaban J connectivity index is 1.50. The highest BCUT2D eigenvalue weighted by molar-refractivity contribution is 7.99. The molecule has 1 atom stereocenters. The number of hydrogen-bond donors (Lipinski definition) is 0. The summed E-state index contributed by atoms with van der Waals surface area (Å²) >= 11 is 3.29. The minimum Gasteiger partial charge on any atom is -0.337 e. The molecule has 1 fully saturated rings. The number of rotatable bonds is 2. The van der Waals surface area contributed by atoms with E-state index in [4.69, 9.17) is 0 Å². The average Bonchev–Trinajstić information content (AvgIpc) is 2.92. The van der Waals surface area contributed by atoms with Gasteiger partial charge in [-0.2, -0.15) is 11.8 Å². The first-order chi connectivity index (χ1) is 12.2. The lowest BCUT2D eigenvalue weighted by Gasteiger charge is -2.19. The number of fused-ring (bicyclic) bond motifs is 1. The lowest BCUT2D eigenvalue weighted by atomic mass is 10.1. The van der Waals surface area contributed by atoms with Crippen LogP contribution in [-0.4, -0.2) is 29.6 Å². The van der Waals surface area contributed by atoms with Crippen LogP contribution in [0.4, 0.5) is 4.39 Å². The number of thiophene rings is 1. The Morgan fingerprint density at radius 2 is 1.88 bits per heavy atom. The number of hydrogen-bond acceptors (Lipinski definition) is 3. The number of carbonyl (C=O) groups excluding carboxylic acids is 1. The average molecular weight is 372 g/mol. The van der Waals surface area contributed by atoms with E-state index < -0.39 is 0 Å². The summed E-state index contributed by atoms with van der Waals surface area (Å²) in [6, 6.07) is 17.0. The summed E-state index contributed by atoms with van der Waals surface area (Å²) in [6.45, 7) is 1.38. The van der Waals surface area contributed by atoms with Crippen LogP contribution in [0.3, 0.4) is 0 Å². The molecule has 0 bridgehead atoms. The van der Waals surface area contributed by atoms with Gasteiger partial charge in [-0.05, 0) is 30.0 Å². The smallest absolute Gasteiger partial charge is 0.263 e. The van der Waals surface area contributed by atoms with Gasteiger partial charge in [0.1, 0.15) is 5.82 Å². The largest absolute Gasteiger partial charge is 0.337 e. The Hall–Kier alpha value is -1.85. The van der Waals surface area contributed by atoms with E-state index in [1.165, 1.54) is 6.07 Å². The topological polar surface area (TPSA) is 20.3 Å². The van der Waals surface area contributed by atoms with E-state index in [1.807, 2.05) is 47.4 Å². The highest BCUT2D eigenvalue weighted by atomic mass is 32.2. The molecule has 128 valence electrons. The molecule has 5 heteroatoms. The summed E-state index contributed by atoms with van der Waals surface area (Å²) in [5, 5.41) is 1.23. The third-order valence-corrected chi connectivity index (χ3v) is 6.93. The van der Waals surface area contributed by atoms with Crippen LogP contribution in [0.5, 0.6) is 0 Å². The molecule has 1 aliphatic heterocycles. The van der Waals surface area contributed by atoms with Crippen LogP contribution >= 0.6 is 23.1 Å². The van der Waals surface area contributed by atoms with Crippen molar-refractivity contribution in [2.24, 2.45) is 0 Å².